The summed E-state index contributed by atoms with van der Waals surface area (Å²) in [7, 11) is 0. The highest BCUT2D eigenvalue weighted by atomic mass is 15.3. The van der Waals surface area contributed by atoms with Crippen LogP contribution in [0.4, 0.5) is 0 Å². The van der Waals surface area contributed by atoms with Crippen molar-refractivity contribution in [1.82, 2.24) is 10.7 Å². The van der Waals surface area contributed by atoms with Gasteiger partial charge < -0.3 is 5.32 Å². The van der Waals surface area contributed by atoms with Crippen molar-refractivity contribution in [3.05, 3.63) is 35.4 Å². The molecule has 0 aromatic heterocycles. The lowest BCUT2D eigenvalue weighted by Crippen LogP contribution is -2.48. The zero-order valence-electron chi connectivity index (χ0n) is 11.8. The summed E-state index contributed by atoms with van der Waals surface area (Å²) < 4.78 is 0. The molecule has 0 fully saturated rings. The van der Waals surface area contributed by atoms with Gasteiger partial charge in [-0.1, -0.05) is 38.1 Å². The number of hydrogen-bond acceptors (Lipinski definition) is 2. The molecule has 4 nitrogen and oxygen atoms in total. The molecule has 0 aliphatic heterocycles. The molecule has 1 aliphatic rings. The molecule has 2 rings (SSSR count). The van der Waals surface area contributed by atoms with Crippen LogP contribution in [-0.2, 0) is 12.8 Å². The van der Waals surface area contributed by atoms with E-state index in [2.05, 4.69) is 53.8 Å². The maximum Gasteiger partial charge on any atom is 0.205 e. The van der Waals surface area contributed by atoms with Crippen LogP contribution in [0.5, 0.6) is 0 Å². The normalized spacial score (nSPS) is 19.2. The Morgan fingerprint density at radius 3 is 2.79 bits per heavy atom. The van der Waals surface area contributed by atoms with Gasteiger partial charge in [0.1, 0.15) is 0 Å². The van der Waals surface area contributed by atoms with Crippen LogP contribution >= 0.6 is 0 Å². The number of nitrogens with one attached hydrogen (secondary N) is 2. The van der Waals surface area contributed by atoms with Crippen molar-refractivity contribution in [1.29, 1.82) is 0 Å². The Labute approximate surface area is 115 Å². The molecule has 4 N–H and O–H groups in total. The Morgan fingerprint density at radius 2 is 2.11 bits per heavy atom. The quantitative estimate of drug-likeness (QED) is 0.335. The van der Waals surface area contributed by atoms with E-state index in [0.717, 1.165) is 25.8 Å². The summed E-state index contributed by atoms with van der Waals surface area (Å²) in [5.41, 5.74) is 5.58. The minimum absolute atomic E-state index is 0.414. The zero-order chi connectivity index (χ0) is 13.7. The molecule has 0 saturated heterocycles. The predicted molar refractivity (Wildman–Crippen MR) is 79.9 cm³/mol. The molecule has 104 valence electrons. The Balaban J connectivity index is 1.95. The highest BCUT2D eigenvalue weighted by molar-refractivity contribution is 5.79. The van der Waals surface area contributed by atoms with Gasteiger partial charge in [0.15, 0.2) is 0 Å². The second kappa shape index (κ2) is 6.57. The minimum Gasteiger partial charge on any atom is -0.352 e. The van der Waals surface area contributed by atoms with Gasteiger partial charge in [0.05, 0.1) is 0 Å². The second-order valence-electron chi connectivity index (χ2n) is 5.58. The third kappa shape index (κ3) is 3.96. The molecule has 0 radical (unpaired) electrons. The maximum atomic E-state index is 5.53. The summed E-state index contributed by atoms with van der Waals surface area (Å²) in [6.07, 6.45) is 3.29. The third-order valence-corrected chi connectivity index (χ3v) is 3.44. The van der Waals surface area contributed by atoms with E-state index < -0.39 is 0 Å². The summed E-state index contributed by atoms with van der Waals surface area (Å²) in [5, 5.41) is 3.42. The first-order valence-electron chi connectivity index (χ1n) is 7.03. The van der Waals surface area contributed by atoms with E-state index in [1.54, 1.807) is 0 Å². The van der Waals surface area contributed by atoms with Gasteiger partial charge in [-0.2, -0.15) is 0 Å². The van der Waals surface area contributed by atoms with Gasteiger partial charge in [0.25, 0.3) is 0 Å². The number of guanidine groups is 1. The van der Waals surface area contributed by atoms with Gasteiger partial charge in [-0.25, -0.2) is 5.84 Å². The molecule has 0 spiro atoms. The maximum absolute atomic E-state index is 5.53. The lowest BCUT2D eigenvalue weighted by Gasteiger charge is -2.26. The molecule has 1 aromatic carbocycles. The number of nitrogens with zero attached hydrogens (tertiary/aromatic N) is 1. The van der Waals surface area contributed by atoms with E-state index in [0.29, 0.717) is 17.9 Å². The Bertz CT molecular complexity index is 440. The van der Waals surface area contributed by atoms with E-state index in [4.69, 9.17) is 5.84 Å². The summed E-state index contributed by atoms with van der Waals surface area (Å²) >= 11 is 0. The van der Waals surface area contributed by atoms with Crippen LogP contribution in [0.25, 0.3) is 0 Å². The van der Waals surface area contributed by atoms with Crippen LogP contribution in [0, 0.1) is 5.92 Å². The third-order valence-electron chi connectivity index (χ3n) is 3.44. The lowest BCUT2D eigenvalue weighted by molar-refractivity contribution is 0.519. The smallest absolute Gasteiger partial charge is 0.205 e. The SMILES string of the molecule is CC(C)CN=C(NN)NC1CCc2ccccc2C1. The Morgan fingerprint density at radius 1 is 1.37 bits per heavy atom. The molecule has 0 amide bonds. The molecule has 1 unspecified atom stereocenters. The van der Waals surface area contributed by atoms with Crippen LogP contribution in [0.15, 0.2) is 29.3 Å². The van der Waals surface area contributed by atoms with Crippen molar-refractivity contribution < 1.29 is 0 Å². The van der Waals surface area contributed by atoms with Gasteiger partial charge in [-0.05, 0) is 36.3 Å². The van der Waals surface area contributed by atoms with Crippen molar-refractivity contribution in [2.45, 2.75) is 39.2 Å². The van der Waals surface area contributed by atoms with Crippen LogP contribution in [-0.4, -0.2) is 18.5 Å². The summed E-state index contributed by atoms with van der Waals surface area (Å²) in [6, 6.07) is 9.07. The number of rotatable bonds is 3. The van der Waals surface area contributed by atoms with Gasteiger partial charge in [-0.15, -0.1) is 0 Å². The number of nitrogens with two attached hydrogens (primary N) is 1. The number of hydrazine groups is 1. The number of benzene rings is 1. The minimum atomic E-state index is 0.414. The molecular weight excluding hydrogens is 236 g/mol. The van der Waals surface area contributed by atoms with Crippen molar-refractivity contribution in [2.24, 2.45) is 16.8 Å². The molecule has 0 saturated carbocycles. The van der Waals surface area contributed by atoms with E-state index in [1.807, 2.05) is 0 Å². The van der Waals surface area contributed by atoms with Crippen molar-refractivity contribution in [3.63, 3.8) is 0 Å². The molecule has 1 atom stereocenters. The van der Waals surface area contributed by atoms with E-state index in [9.17, 15) is 0 Å². The van der Waals surface area contributed by atoms with Crippen LogP contribution in [0.3, 0.4) is 0 Å². The molecule has 4 heteroatoms. The van der Waals surface area contributed by atoms with Gasteiger partial charge in [-0.3, -0.25) is 10.4 Å². The molecule has 0 bridgehead atoms. The van der Waals surface area contributed by atoms with E-state index in [1.165, 1.54) is 11.1 Å². The fourth-order valence-corrected chi connectivity index (χ4v) is 2.42. The largest absolute Gasteiger partial charge is 0.352 e. The Hall–Kier alpha value is -1.55. The zero-order valence-corrected chi connectivity index (χ0v) is 11.8. The first-order valence-corrected chi connectivity index (χ1v) is 7.03. The summed E-state index contributed by atoms with van der Waals surface area (Å²) in [4.78, 5) is 4.46. The molecule has 0 heterocycles. The number of hydrogen-bond donors (Lipinski definition) is 3. The van der Waals surface area contributed by atoms with E-state index >= 15 is 0 Å². The molecule has 1 aliphatic carbocycles. The highest BCUT2D eigenvalue weighted by Gasteiger charge is 2.18. The summed E-state index contributed by atoms with van der Waals surface area (Å²) in [6.45, 7) is 5.08. The number of aryl methyl sites for hydroxylation is 1. The summed E-state index contributed by atoms with van der Waals surface area (Å²) in [5.74, 6) is 6.77. The lowest BCUT2D eigenvalue weighted by atomic mass is 9.88. The molecule has 1 aromatic rings. The van der Waals surface area contributed by atoms with Gasteiger partial charge in [0, 0.05) is 12.6 Å². The van der Waals surface area contributed by atoms with Crippen molar-refractivity contribution >= 4 is 5.96 Å². The second-order valence-corrected chi connectivity index (χ2v) is 5.58. The Kier molecular flexibility index (Phi) is 4.80. The van der Waals surface area contributed by atoms with Crippen LogP contribution in [0.1, 0.15) is 31.4 Å². The molecular formula is C15H24N4. The highest BCUT2D eigenvalue weighted by Crippen LogP contribution is 2.20. The van der Waals surface area contributed by atoms with Crippen LogP contribution < -0.4 is 16.6 Å². The van der Waals surface area contributed by atoms with Crippen LogP contribution in [0.2, 0.25) is 0 Å². The fourth-order valence-electron chi connectivity index (χ4n) is 2.42. The number of fused-ring (bicyclic) bond motifs is 1. The van der Waals surface area contributed by atoms with E-state index in [-0.39, 0.29) is 0 Å². The van der Waals surface area contributed by atoms with Crippen molar-refractivity contribution in [3.8, 4) is 0 Å². The average Bonchev–Trinajstić information content (AvgIpc) is 2.43. The first-order chi connectivity index (χ1) is 9.19. The fraction of sp³-hybridized carbons (Fsp3) is 0.533. The number of aliphatic imine (C=N–C) groups is 1. The average molecular weight is 260 g/mol. The van der Waals surface area contributed by atoms with Crippen molar-refractivity contribution in [2.75, 3.05) is 6.54 Å². The predicted octanol–water partition coefficient (Wildman–Crippen LogP) is 1.61. The monoisotopic (exact) mass is 260 g/mol. The molecule has 19 heavy (non-hydrogen) atoms. The van der Waals surface area contributed by atoms with Gasteiger partial charge >= 0.3 is 0 Å². The van der Waals surface area contributed by atoms with Gasteiger partial charge in [0.2, 0.25) is 5.96 Å². The topological polar surface area (TPSA) is 62.4 Å². The first kappa shape index (κ1) is 13.9. The standard InChI is InChI=1S/C15H24N4/c1-11(2)10-17-15(19-16)18-14-8-7-12-5-3-4-6-13(12)9-14/h3-6,11,14H,7-10,16H2,1-2H3,(H2,17,18,19).